The molecular formula is C30H36F4O2. The summed E-state index contributed by atoms with van der Waals surface area (Å²) in [5.74, 6) is 1.20. The van der Waals surface area contributed by atoms with Gasteiger partial charge in [0, 0.05) is 0 Å². The quantitative estimate of drug-likeness (QED) is 0.155. The molecule has 2 aromatic rings. The van der Waals surface area contributed by atoms with Gasteiger partial charge in [-0.05, 0) is 97.7 Å². The summed E-state index contributed by atoms with van der Waals surface area (Å²) in [7, 11) is 0. The maximum atomic E-state index is 15.1. The lowest BCUT2D eigenvalue weighted by Crippen LogP contribution is -2.30. The molecule has 36 heavy (non-hydrogen) atoms. The van der Waals surface area contributed by atoms with Crippen molar-refractivity contribution < 1.29 is 27.1 Å². The summed E-state index contributed by atoms with van der Waals surface area (Å²) in [4.78, 5) is 12.5. The van der Waals surface area contributed by atoms with E-state index in [1.807, 2.05) is 0 Å². The number of ether oxygens (including phenoxy) is 1. The van der Waals surface area contributed by atoms with Crippen LogP contribution in [0.2, 0.25) is 0 Å². The van der Waals surface area contributed by atoms with Crippen LogP contribution in [0, 0.1) is 23.6 Å². The van der Waals surface area contributed by atoms with Crippen molar-refractivity contribution in [2.75, 3.05) is 0 Å². The number of rotatable bonds is 8. The molecule has 2 saturated carbocycles. The summed E-state index contributed by atoms with van der Waals surface area (Å²) < 4.78 is 58.4. The first-order valence-electron chi connectivity index (χ1n) is 13.4. The molecule has 2 aliphatic rings. The fraction of sp³-hybridized carbons (Fsp3) is 0.567. The number of carbonyl (C=O) groups is 1. The van der Waals surface area contributed by atoms with E-state index in [2.05, 4.69) is 6.92 Å². The Morgan fingerprint density at radius 1 is 0.917 bits per heavy atom. The average molecular weight is 505 g/mol. The number of esters is 1. The zero-order valence-corrected chi connectivity index (χ0v) is 21.0. The summed E-state index contributed by atoms with van der Waals surface area (Å²) in [6.45, 7) is 2.25. The number of halogens is 4. The van der Waals surface area contributed by atoms with Gasteiger partial charge in [-0.15, -0.1) is 0 Å². The number of hydrogen-bond donors (Lipinski definition) is 0. The molecule has 0 amide bonds. The first kappa shape index (κ1) is 26.7. The predicted molar refractivity (Wildman–Crippen MR) is 132 cm³/mol. The third kappa shape index (κ3) is 6.68. The molecule has 4 atom stereocenters. The Bertz CT molecular complexity index is 1010. The molecule has 6 heteroatoms. The van der Waals surface area contributed by atoms with Crippen LogP contribution in [0.1, 0.15) is 105 Å². The first-order chi connectivity index (χ1) is 17.2. The number of hydrogen-bond acceptors (Lipinski definition) is 2. The Kier molecular flexibility index (Phi) is 8.74. The van der Waals surface area contributed by atoms with Crippen LogP contribution >= 0.6 is 0 Å². The third-order valence-corrected chi connectivity index (χ3v) is 8.26. The molecule has 0 N–H and O–H groups in total. The van der Waals surface area contributed by atoms with E-state index < -0.39 is 23.5 Å². The van der Waals surface area contributed by atoms with Crippen molar-refractivity contribution >= 4 is 5.97 Å². The number of fused-ring (bicyclic) bond motifs is 1. The van der Waals surface area contributed by atoms with Crippen LogP contribution in [0.25, 0.3) is 0 Å². The van der Waals surface area contributed by atoms with E-state index in [0.717, 1.165) is 55.4 Å². The molecule has 0 aromatic heterocycles. The average Bonchev–Trinajstić information content (AvgIpc) is 2.86. The Morgan fingerprint density at radius 2 is 1.64 bits per heavy atom. The van der Waals surface area contributed by atoms with Crippen LogP contribution in [0.5, 0.6) is 5.75 Å². The normalized spacial score (nSPS) is 24.2. The van der Waals surface area contributed by atoms with Crippen molar-refractivity contribution in [2.45, 2.75) is 89.6 Å². The van der Waals surface area contributed by atoms with Gasteiger partial charge in [0.1, 0.15) is 11.6 Å². The largest absolute Gasteiger partial charge is 0.423 e. The maximum Gasteiger partial charge on any atom is 0.416 e. The smallest absolute Gasteiger partial charge is 0.416 e. The molecule has 2 aliphatic carbocycles. The highest BCUT2D eigenvalue weighted by molar-refractivity contribution is 5.91. The van der Waals surface area contributed by atoms with E-state index in [9.17, 15) is 18.0 Å². The van der Waals surface area contributed by atoms with Crippen LogP contribution < -0.4 is 4.74 Å². The molecule has 0 aliphatic heterocycles. The molecule has 0 radical (unpaired) electrons. The van der Waals surface area contributed by atoms with E-state index in [4.69, 9.17) is 4.74 Å². The number of alkyl halides is 3. The minimum Gasteiger partial charge on any atom is -0.423 e. The maximum absolute atomic E-state index is 15.1. The topological polar surface area (TPSA) is 26.3 Å². The Morgan fingerprint density at radius 3 is 2.33 bits per heavy atom. The Hall–Kier alpha value is -2.37. The van der Waals surface area contributed by atoms with Gasteiger partial charge in [0.2, 0.25) is 0 Å². The summed E-state index contributed by atoms with van der Waals surface area (Å²) in [6, 6.07) is 8.31. The van der Waals surface area contributed by atoms with Gasteiger partial charge in [-0.1, -0.05) is 51.5 Å². The lowest BCUT2D eigenvalue weighted by atomic mass is 9.63. The molecule has 2 fully saturated rings. The highest BCUT2D eigenvalue weighted by Crippen LogP contribution is 2.48. The summed E-state index contributed by atoms with van der Waals surface area (Å²) >= 11 is 0. The lowest BCUT2D eigenvalue weighted by Gasteiger charge is -2.42. The fourth-order valence-corrected chi connectivity index (χ4v) is 6.25. The first-order valence-corrected chi connectivity index (χ1v) is 13.4. The second kappa shape index (κ2) is 11.8. The standard InChI is InChI=1S/C30H36F4O2/c1-2-3-4-5-6-20-7-8-22-18-23(10-9-21(22)17-20)27-16-11-24(19-28(27)31)29(35)36-26-14-12-25(13-15-26)30(32,33)34/h11-16,19-23H,2-10,17-18H2,1H3. The lowest BCUT2D eigenvalue weighted by molar-refractivity contribution is -0.137. The number of carbonyl (C=O) groups excluding carboxylic acids is 1. The van der Waals surface area contributed by atoms with Crippen LogP contribution in [-0.2, 0) is 6.18 Å². The SMILES string of the molecule is CCCCCCC1CCC2CC(c3ccc(C(=O)Oc4ccc(C(F)(F)F)cc4)cc3F)CCC2C1. The number of unbranched alkanes of at least 4 members (excludes halogenated alkanes) is 3. The highest BCUT2D eigenvalue weighted by Gasteiger charge is 2.36. The van der Waals surface area contributed by atoms with Crippen LogP contribution in [-0.4, -0.2) is 5.97 Å². The van der Waals surface area contributed by atoms with E-state index >= 15 is 4.39 Å². The van der Waals surface area contributed by atoms with Crippen molar-refractivity contribution in [3.05, 3.63) is 65.0 Å². The van der Waals surface area contributed by atoms with Crippen LogP contribution in [0.15, 0.2) is 42.5 Å². The molecule has 2 aromatic carbocycles. The second-order valence-corrected chi connectivity index (χ2v) is 10.7. The van der Waals surface area contributed by atoms with E-state index in [1.54, 1.807) is 12.1 Å². The molecule has 4 unspecified atom stereocenters. The predicted octanol–water partition coefficient (Wildman–Crippen LogP) is 9.33. The van der Waals surface area contributed by atoms with Gasteiger partial charge in [0.05, 0.1) is 11.1 Å². The Balaban J connectivity index is 1.32. The molecule has 0 spiro atoms. The molecule has 0 heterocycles. The van der Waals surface area contributed by atoms with Gasteiger partial charge < -0.3 is 4.74 Å². The molecule has 2 nitrogen and oxygen atoms in total. The zero-order chi connectivity index (χ0) is 25.7. The van der Waals surface area contributed by atoms with Gasteiger partial charge in [-0.3, -0.25) is 0 Å². The van der Waals surface area contributed by atoms with Gasteiger partial charge >= 0.3 is 12.1 Å². The molecular weight excluding hydrogens is 468 g/mol. The summed E-state index contributed by atoms with van der Waals surface area (Å²) in [5, 5.41) is 0. The third-order valence-electron chi connectivity index (χ3n) is 8.26. The van der Waals surface area contributed by atoms with E-state index in [-0.39, 0.29) is 17.2 Å². The minimum atomic E-state index is -4.46. The van der Waals surface area contributed by atoms with Crippen molar-refractivity contribution in [3.8, 4) is 5.75 Å². The van der Waals surface area contributed by atoms with Crippen molar-refractivity contribution in [2.24, 2.45) is 17.8 Å². The van der Waals surface area contributed by atoms with Crippen LogP contribution in [0.3, 0.4) is 0 Å². The summed E-state index contributed by atoms with van der Waals surface area (Å²) in [6.07, 6.45) is 9.13. The zero-order valence-electron chi connectivity index (χ0n) is 21.0. The van der Waals surface area contributed by atoms with Gasteiger partial charge in [-0.2, -0.15) is 13.2 Å². The Labute approximate surface area is 211 Å². The van der Waals surface area contributed by atoms with Crippen molar-refractivity contribution in [1.29, 1.82) is 0 Å². The van der Waals surface area contributed by atoms with Crippen molar-refractivity contribution in [1.82, 2.24) is 0 Å². The molecule has 196 valence electrons. The van der Waals surface area contributed by atoms with Gasteiger partial charge in [0.25, 0.3) is 0 Å². The molecule has 0 saturated heterocycles. The van der Waals surface area contributed by atoms with Gasteiger partial charge in [-0.25, -0.2) is 9.18 Å². The molecule has 0 bridgehead atoms. The molecule has 4 rings (SSSR count). The fourth-order valence-electron chi connectivity index (χ4n) is 6.25. The highest BCUT2D eigenvalue weighted by atomic mass is 19.4. The monoisotopic (exact) mass is 504 g/mol. The number of benzene rings is 2. The van der Waals surface area contributed by atoms with Crippen LogP contribution in [0.4, 0.5) is 17.6 Å². The van der Waals surface area contributed by atoms with E-state index in [1.165, 1.54) is 57.4 Å². The minimum absolute atomic E-state index is 0.0169. The van der Waals surface area contributed by atoms with E-state index in [0.29, 0.717) is 11.5 Å². The second-order valence-electron chi connectivity index (χ2n) is 10.7. The van der Waals surface area contributed by atoms with Gasteiger partial charge in [0.15, 0.2) is 0 Å². The summed E-state index contributed by atoms with van der Waals surface area (Å²) in [5.41, 5.74) is -0.123. The van der Waals surface area contributed by atoms with Crippen molar-refractivity contribution in [3.63, 3.8) is 0 Å².